The van der Waals surface area contributed by atoms with E-state index in [1.165, 1.54) is 44.1 Å². The minimum atomic E-state index is 0.694. The summed E-state index contributed by atoms with van der Waals surface area (Å²) in [7, 11) is 0. The van der Waals surface area contributed by atoms with Crippen LogP contribution in [0.5, 0.6) is 0 Å². The molecular weight excluding hydrogens is 260 g/mol. The lowest BCUT2D eigenvalue weighted by atomic mass is 9.91. The van der Waals surface area contributed by atoms with Gasteiger partial charge in [-0.25, -0.2) is 4.98 Å². The van der Waals surface area contributed by atoms with E-state index in [9.17, 15) is 0 Å². The van der Waals surface area contributed by atoms with Gasteiger partial charge in [0.25, 0.3) is 0 Å². The maximum Gasteiger partial charge on any atom is 0.227 e. The first-order valence-electron chi connectivity index (χ1n) is 8.53. The lowest BCUT2D eigenvalue weighted by Crippen LogP contribution is -2.22. The molecule has 0 aromatic carbocycles. The minimum absolute atomic E-state index is 0.694. The molecule has 1 fully saturated rings. The van der Waals surface area contributed by atoms with Crippen LogP contribution in [0.1, 0.15) is 63.6 Å². The third-order valence-electron chi connectivity index (χ3n) is 4.66. The highest BCUT2D eigenvalue weighted by Gasteiger charge is 2.19. The van der Waals surface area contributed by atoms with Crippen molar-refractivity contribution in [2.45, 2.75) is 65.7 Å². The second kappa shape index (κ2) is 7.62. The lowest BCUT2D eigenvalue weighted by molar-refractivity contribution is 0.448. The van der Waals surface area contributed by atoms with E-state index in [1.54, 1.807) is 0 Å². The van der Waals surface area contributed by atoms with Crippen LogP contribution in [-0.4, -0.2) is 23.1 Å². The Hall–Kier alpha value is -1.32. The van der Waals surface area contributed by atoms with Gasteiger partial charge in [0.15, 0.2) is 0 Å². The Balaban J connectivity index is 2.12. The molecule has 2 rings (SSSR count). The van der Waals surface area contributed by atoms with Crippen molar-refractivity contribution in [3.63, 3.8) is 0 Å². The normalized spacial score (nSPS) is 16.4. The average molecular weight is 290 g/mol. The van der Waals surface area contributed by atoms with Crippen LogP contribution in [0, 0.1) is 12.8 Å². The molecular formula is C17H30N4. The summed E-state index contributed by atoms with van der Waals surface area (Å²) in [6.45, 7) is 8.73. The van der Waals surface area contributed by atoms with Crippen molar-refractivity contribution in [3.8, 4) is 0 Å². The van der Waals surface area contributed by atoms with Gasteiger partial charge in [-0.3, -0.25) is 0 Å². The molecule has 1 aliphatic heterocycles. The van der Waals surface area contributed by atoms with Crippen molar-refractivity contribution in [1.82, 2.24) is 9.97 Å². The van der Waals surface area contributed by atoms with Crippen LogP contribution in [0.3, 0.4) is 0 Å². The fraction of sp³-hybridized carbons (Fsp3) is 0.765. The van der Waals surface area contributed by atoms with Gasteiger partial charge in [0.2, 0.25) is 5.95 Å². The van der Waals surface area contributed by atoms with Gasteiger partial charge in [-0.15, -0.1) is 0 Å². The number of anilines is 2. The van der Waals surface area contributed by atoms with Gasteiger partial charge in [0.05, 0.1) is 0 Å². The van der Waals surface area contributed by atoms with Crippen LogP contribution >= 0.6 is 0 Å². The Morgan fingerprint density at radius 2 is 1.90 bits per heavy atom. The summed E-state index contributed by atoms with van der Waals surface area (Å²) in [5.41, 5.74) is 8.48. The first kappa shape index (κ1) is 16.1. The Kier molecular flexibility index (Phi) is 5.83. The largest absolute Gasteiger partial charge is 0.383 e. The maximum atomic E-state index is 6.24. The molecule has 0 amide bonds. The molecule has 1 aliphatic rings. The van der Waals surface area contributed by atoms with Crippen molar-refractivity contribution < 1.29 is 0 Å². The number of aromatic nitrogens is 2. The van der Waals surface area contributed by atoms with E-state index in [0.29, 0.717) is 11.7 Å². The first-order chi connectivity index (χ1) is 10.2. The number of nitrogens with zero attached hydrogens (tertiary/aromatic N) is 3. The molecule has 0 aliphatic carbocycles. The van der Waals surface area contributed by atoms with E-state index in [-0.39, 0.29) is 0 Å². The van der Waals surface area contributed by atoms with Crippen molar-refractivity contribution in [2.75, 3.05) is 23.7 Å². The van der Waals surface area contributed by atoms with Crippen LogP contribution in [0.25, 0.3) is 0 Å². The highest BCUT2D eigenvalue weighted by Crippen LogP contribution is 2.26. The molecule has 21 heavy (non-hydrogen) atoms. The van der Waals surface area contributed by atoms with Crippen molar-refractivity contribution >= 4 is 11.8 Å². The minimum Gasteiger partial charge on any atom is -0.383 e. The summed E-state index contributed by atoms with van der Waals surface area (Å²) in [5, 5.41) is 0. The van der Waals surface area contributed by atoms with E-state index < -0.39 is 0 Å². The number of unbranched alkanes of at least 4 members (excludes halogenated alkanes) is 1. The highest BCUT2D eigenvalue weighted by atomic mass is 15.3. The molecule has 1 unspecified atom stereocenters. The first-order valence-corrected chi connectivity index (χ1v) is 8.53. The van der Waals surface area contributed by atoms with Gasteiger partial charge >= 0.3 is 0 Å². The maximum absolute atomic E-state index is 6.24. The smallest absolute Gasteiger partial charge is 0.227 e. The van der Waals surface area contributed by atoms with Gasteiger partial charge in [0.1, 0.15) is 5.82 Å². The molecule has 1 aromatic heterocycles. The molecule has 118 valence electrons. The standard InChI is InChI=1S/C17H30N4/c1-4-6-9-14(5-2)12-15-13(3)19-17(20-16(15)18)21-10-7-8-11-21/h14H,4-12H2,1-3H3,(H2,18,19,20). The van der Waals surface area contributed by atoms with Crippen LogP contribution in [0.2, 0.25) is 0 Å². The number of hydrogen-bond acceptors (Lipinski definition) is 4. The van der Waals surface area contributed by atoms with Gasteiger partial charge in [0, 0.05) is 24.3 Å². The zero-order valence-electron chi connectivity index (χ0n) is 13.9. The summed E-state index contributed by atoms with van der Waals surface area (Å²) >= 11 is 0. The van der Waals surface area contributed by atoms with Crippen LogP contribution in [0.4, 0.5) is 11.8 Å². The second-order valence-corrected chi connectivity index (χ2v) is 6.29. The van der Waals surface area contributed by atoms with E-state index in [0.717, 1.165) is 31.2 Å². The molecule has 2 N–H and O–H groups in total. The van der Waals surface area contributed by atoms with E-state index in [4.69, 9.17) is 10.7 Å². The third kappa shape index (κ3) is 4.08. The van der Waals surface area contributed by atoms with Crippen LogP contribution in [0.15, 0.2) is 0 Å². The predicted octanol–water partition coefficient (Wildman–Crippen LogP) is 3.73. The second-order valence-electron chi connectivity index (χ2n) is 6.29. The van der Waals surface area contributed by atoms with Gasteiger partial charge in [-0.05, 0) is 32.1 Å². The van der Waals surface area contributed by atoms with Gasteiger partial charge < -0.3 is 10.6 Å². The molecule has 1 atom stereocenters. The Morgan fingerprint density at radius 1 is 1.19 bits per heavy atom. The summed E-state index contributed by atoms with van der Waals surface area (Å²) in [4.78, 5) is 11.5. The monoisotopic (exact) mass is 290 g/mol. The molecule has 2 heterocycles. The Labute approximate surface area is 129 Å². The van der Waals surface area contributed by atoms with Crippen molar-refractivity contribution in [1.29, 1.82) is 0 Å². The van der Waals surface area contributed by atoms with Gasteiger partial charge in [-0.1, -0.05) is 39.5 Å². The van der Waals surface area contributed by atoms with Crippen molar-refractivity contribution in [3.05, 3.63) is 11.3 Å². The number of aryl methyl sites for hydroxylation is 1. The molecule has 0 saturated carbocycles. The Morgan fingerprint density at radius 3 is 2.48 bits per heavy atom. The third-order valence-corrected chi connectivity index (χ3v) is 4.66. The number of nitrogen functional groups attached to an aromatic ring is 1. The van der Waals surface area contributed by atoms with Crippen LogP contribution < -0.4 is 10.6 Å². The molecule has 0 radical (unpaired) electrons. The fourth-order valence-corrected chi connectivity index (χ4v) is 3.15. The fourth-order valence-electron chi connectivity index (χ4n) is 3.15. The Bertz CT molecular complexity index is 429. The molecule has 1 saturated heterocycles. The quantitative estimate of drug-likeness (QED) is 0.831. The SMILES string of the molecule is CCCCC(CC)Cc1c(C)nc(N2CCCC2)nc1N. The van der Waals surface area contributed by atoms with E-state index in [2.05, 4.69) is 30.7 Å². The zero-order chi connectivity index (χ0) is 15.2. The molecule has 4 heteroatoms. The number of rotatable bonds is 7. The van der Waals surface area contributed by atoms with Crippen molar-refractivity contribution in [2.24, 2.45) is 5.92 Å². The molecule has 1 aromatic rings. The predicted molar refractivity (Wildman–Crippen MR) is 89.6 cm³/mol. The lowest BCUT2D eigenvalue weighted by Gasteiger charge is -2.20. The number of nitrogens with two attached hydrogens (primary N) is 1. The highest BCUT2D eigenvalue weighted by molar-refractivity contribution is 5.48. The van der Waals surface area contributed by atoms with Gasteiger partial charge in [-0.2, -0.15) is 4.98 Å². The number of hydrogen-bond donors (Lipinski definition) is 1. The van der Waals surface area contributed by atoms with E-state index >= 15 is 0 Å². The summed E-state index contributed by atoms with van der Waals surface area (Å²) in [6.07, 6.45) is 8.53. The average Bonchev–Trinajstić information content (AvgIpc) is 3.00. The summed E-state index contributed by atoms with van der Waals surface area (Å²) in [5.74, 6) is 2.22. The topological polar surface area (TPSA) is 55.0 Å². The summed E-state index contributed by atoms with van der Waals surface area (Å²) in [6, 6.07) is 0. The molecule has 0 spiro atoms. The molecule has 4 nitrogen and oxygen atoms in total. The van der Waals surface area contributed by atoms with E-state index in [1.807, 2.05) is 0 Å². The zero-order valence-corrected chi connectivity index (χ0v) is 13.9. The molecule has 0 bridgehead atoms. The van der Waals surface area contributed by atoms with Crippen LogP contribution in [-0.2, 0) is 6.42 Å². The summed E-state index contributed by atoms with van der Waals surface area (Å²) < 4.78 is 0.